The van der Waals surface area contributed by atoms with E-state index in [9.17, 15) is 0 Å². The maximum absolute atomic E-state index is 6.08. The molecule has 1 aliphatic carbocycles. The van der Waals surface area contributed by atoms with Gasteiger partial charge >= 0.3 is 0 Å². The third kappa shape index (κ3) is 5.48. The summed E-state index contributed by atoms with van der Waals surface area (Å²) >= 11 is 0. The van der Waals surface area contributed by atoms with Crippen molar-refractivity contribution in [2.75, 3.05) is 13.1 Å². The van der Waals surface area contributed by atoms with Gasteiger partial charge in [-0.1, -0.05) is 27.7 Å². The quantitative estimate of drug-likeness (QED) is 0.747. The first kappa shape index (κ1) is 16.6. The lowest BCUT2D eigenvalue weighted by Gasteiger charge is -2.22. The van der Waals surface area contributed by atoms with Gasteiger partial charge in [0.25, 0.3) is 0 Å². The van der Waals surface area contributed by atoms with E-state index in [2.05, 4.69) is 50.9 Å². The van der Waals surface area contributed by atoms with E-state index in [1.807, 2.05) is 0 Å². The molecule has 0 atom stereocenters. The molecule has 1 aliphatic rings. The third-order valence-electron chi connectivity index (χ3n) is 3.93. The van der Waals surface area contributed by atoms with Crippen LogP contribution in [0, 0.1) is 18.8 Å². The summed E-state index contributed by atoms with van der Waals surface area (Å²) in [6, 6.07) is 3.02. The Morgan fingerprint density at radius 1 is 1.24 bits per heavy atom. The first-order valence-corrected chi connectivity index (χ1v) is 8.48. The van der Waals surface area contributed by atoms with E-state index in [1.54, 1.807) is 0 Å². The SMILES string of the molecule is Cc1cc(CN(CC(C)C)C2CC2)oc1CNCC(C)C. The normalized spacial score (nSPS) is 15.6. The number of hydrogen-bond acceptors (Lipinski definition) is 3. The highest BCUT2D eigenvalue weighted by Crippen LogP contribution is 2.29. The van der Waals surface area contributed by atoms with Crippen molar-refractivity contribution in [3.63, 3.8) is 0 Å². The minimum absolute atomic E-state index is 0.677. The molecule has 0 bridgehead atoms. The van der Waals surface area contributed by atoms with Gasteiger partial charge in [0.05, 0.1) is 13.1 Å². The number of furan rings is 1. The molecule has 3 nitrogen and oxygen atoms in total. The monoisotopic (exact) mass is 292 g/mol. The molecule has 21 heavy (non-hydrogen) atoms. The lowest BCUT2D eigenvalue weighted by molar-refractivity contribution is 0.207. The second-order valence-electron chi connectivity index (χ2n) is 7.40. The van der Waals surface area contributed by atoms with E-state index >= 15 is 0 Å². The first-order chi connectivity index (χ1) is 9.95. The molecule has 1 N–H and O–H groups in total. The Morgan fingerprint density at radius 3 is 2.52 bits per heavy atom. The van der Waals surface area contributed by atoms with Crippen LogP contribution in [0.15, 0.2) is 10.5 Å². The Kier molecular flexibility index (Phi) is 5.88. The van der Waals surface area contributed by atoms with Crippen LogP contribution in [0.1, 0.15) is 57.6 Å². The van der Waals surface area contributed by atoms with Gasteiger partial charge < -0.3 is 9.73 Å². The summed E-state index contributed by atoms with van der Waals surface area (Å²) < 4.78 is 6.08. The third-order valence-corrected chi connectivity index (χ3v) is 3.93. The molecule has 1 fully saturated rings. The van der Waals surface area contributed by atoms with Gasteiger partial charge in [-0.2, -0.15) is 0 Å². The number of nitrogens with one attached hydrogen (secondary N) is 1. The molecule has 0 spiro atoms. The summed E-state index contributed by atoms with van der Waals surface area (Å²) in [5.74, 6) is 3.62. The molecular weight excluding hydrogens is 260 g/mol. The minimum Gasteiger partial charge on any atom is -0.463 e. The second-order valence-corrected chi connectivity index (χ2v) is 7.40. The molecule has 0 radical (unpaired) electrons. The fraction of sp³-hybridized carbons (Fsp3) is 0.778. The number of aryl methyl sites for hydroxylation is 1. The van der Waals surface area contributed by atoms with Crippen LogP contribution >= 0.6 is 0 Å². The van der Waals surface area contributed by atoms with Crippen molar-refractivity contribution in [1.82, 2.24) is 10.2 Å². The van der Waals surface area contributed by atoms with Crippen LogP contribution in [-0.4, -0.2) is 24.0 Å². The number of nitrogens with zero attached hydrogens (tertiary/aromatic N) is 1. The highest BCUT2D eigenvalue weighted by atomic mass is 16.3. The van der Waals surface area contributed by atoms with Crippen molar-refractivity contribution in [1.29, 1.82) is 0 Å². The zero-order chi connectivity index (χ0) is 15.4. The molecule has 2 rings (SSSR count). The summed E-state index contributed by atoms with van der Waals surface area (Å²) in [6.45, 7) is 15.2. The fourth-order valence-corrected chi connectivity index (χ4v) is 2.77. The Bertz CT molecular complexity index is 432. The Morgan fingerprint density at radius 2 is 1.95 bits per heavy atom. The molecule has 1 saturated carbocycles. The van der Waals surface area contributed by atoms with Gasteiger partial charge in [-0.05, 0) is 49.8 Å². The molecule has 120 valence electrons. The molecule has 0 saturated heterocycles. The van der Waals surface area contributed by atoms with E-state index < -0.39 is 0 Å². The lowest BCUT2D eigenvalue weighted by atomic mass is 10.2. The summed E-state index contributed by atoms with van der Waals surface area (Å²) in [7, 11) is 0. The highest BCUT2D eigenvalue weighted by Gasteiger charge is 2.30. The van der Waals surface area contributed by atoms with E-state index in [4.69, 9.17) is 4.42 Å². The standard InChI is InChI=1S/C18H32N2O/c1-13(2)9-19-10-18-15(5)8-17(21-18)12-20(11-14(3)4)16-6-7-16/h8,13-14,16,19H,6-7,9-12H2,1-5H3. The summed E-state index contributed by atoms with van der Waals surface area (Å²) in [4.78, 5) is 2.59. The zero-order valence-electron chi connectivity index (χ0n) is 14.4. The van der Waals surface area contributed by atoms with Crippen LogP contribution in [0.5, 0.6) is 0 Å². The van der Waals surface area contributed by atoms with E-state index in [-0.39, 0.29) is 0 Å². The lowest BCUT2D eigenvalue weighted by Crippen LogP contribution is -2.29. The molecular formula is C18H32N2O. The van der Waals surface area contributed by atoms with Crippen LogP contribution in [0.2, 0.25) is 0 Å². The van der Waals surface area contributed by atoms with Crippen LogP contribution in [0.4, 0.5) is 0 Å². The van der Waals surface area contributed by atoms with Gasteiger partial charge in [-0.15, -0.1) is 0 Å². The molecule has 1 aromatic rings. The van der Waals surface area contributed by atoms with Crippen LogP contribution in [0.3, 0.4) is 0 Å². The van der Waals surface area contributed by atoms with Gasteiger partial charge in [-0.3, -0.25) is 4.90 Å². The molecule has 1 aromatic heterocycles. The maximum atomic E-state index is 6.08. The van der Waals surface area contributed by atoms with Crippen LogP contribution < -0.4 is 5.32 Å². The van der Waals surface area contributed by atoms with Crippen molar-refractivity contribution < 1.29 is 4.42 Å². The smallest absolute Gasteiger partial charge is 0.120 e. The van der Waals surface area contributed by atoms with Gasteiger partial charge in [-0.25, -0.2) is 0 Å². The van der Waals surface area contributed by atoms with Gasteiger partial charge in [0, 0.05) is 12.6 Å². The van der Waals surface area contributed by atoms with Crippen molar-refractivity contribution in [3.05, 3.63) is 23.2 Å². The molecule has 0 unspecified atom stereocenters. The molecule has 1 heterocycles. The maximum Gasteiger partial charge on any atom is 0.120 e. The van der Waals surface area contributed by atoms with E-state index in [0.717, 1.165) is 37.2 Å². The molecule has 0 aliphatic heterocycles. The topological polar surface area (TPSA) is 28.4 Å². The number of rotatable bonds is 9. The molecule has 0 aromatic carbocycles. The van der Waals surface area contributed by atoms with Gasteiger partial charge in [0.1, 0.15) is 11.5 Å². The zero-order valence-corrected chi connectivity index (χ0v) is 14.4. The van der Waals surface area contributed by atoms with Crippen molar-refractivity contribution in [3.8, 4) is 0 Å². The van der Waals surface area contributed by atoms with Crippen LogP contribution in [-0.2, 0) is 13.1 Å². The Labute approximate surface area is 130 Å². The number of hydrogen-bond donors (Lipinski definition) is 1. The average Bonchev–Trinajstić information content (AvgIpc) is 3.15. The average molecular weight is 292 g/mol. The summed E-state index contributed by atoms with van der Waals surface area (Å²) in [6.07, 6.45) is 2.71. The summed E-state index contributed by atoms with van der Waals surface area (Å²) in [5, 5.41) is 3.47. The van der Waals surface area contributed by atoms with E-state index in [0.29, 0.717) is 11.8 Å². The first-order valence-electron chi connectivity index (χ1n) is 8.48. The van der Waals surface area contributed by atoms with Gasteiger partial charge in [0.15, 0.2) is 0 Å². The predicted octanol–water partition coefficient (Wildman–Crippen LogP) is 3.95. The molecule has 3 heteroatoms. The van der Waals surface area contributed by atoms with Crippen molar-refractivity contribution in [2.45, 2.75) is 66.6 Å². The van der Waals surface area contributed by atoms with Crippen molar-refractivity contribution in [2.24, 2.45) is 11.8 Å². The Hall–Kier alpha value is -0.800. The minimum atomic E-state index is 0.677. The van der Waals surface area contributed by atoms with Crippen LogP contribution in [0.25, 0.3) is 0 Å². The van der Waals surface area contributed by atoms with E-state index in [1.165, 1.54) is 24.9 Å². The molecule has 0 amide bonds. The summed E-state index contributed by atoms with van der Waals surface area (Å²) in [5.41, 5.74) is 1.28. The predicted molar refractivity (Wildman–Crippen MR) is 88.3 cm³/mol. The fourth-order valence-electron chi connectivity index (χ4n) is 2.77. The second kappa shape index (κ2) is 7.46. The largest absolute Gasteiger partial charge is 0.463 e. The van der Waals surface area contributed by atoms with Crippen molar-refractivity contribution >= 4 is 0 Å². The van der Waals surface area contributed by atoms with Gasteiger partial charge in [0.2, 0.25) is 0 Å². The Balaban J connectivity index is 1.90. The highest BCUT2D eigenvalue weighted by molar-refractivity contribution is 5.20.